The van der Waals surface area contributed by atoms with Gasteiger partial charge in [-0.25, -0.2) is 4.79 Å². The number of para-hydroxylation sites is 1. The number of aromatic nitrogens is 1. The Morgan fingerprint density at radius 1 is 1.24 bits per heavy atom. The van der Waals surface area contributed by atoms with Crippen LogP contribution in [0.25, 0.3) is 11.3 Å². The van der Waals surface area contributed by atoms with Crippen LogP contribution in [0.15, 0.2) is 28.8 Å². The molecule has 2 aliphatic heterocycles. The Hall–Kier alpha value is -2.82. The monoisotopic (exact) mass is 392 g/mol. The van der Waals surface area contributed by atoms with Gasteiger partial charge in [-0.1, -0.05) is 35.2 Å². The molecule has 29 heavy (non-hydrogen) atoms. The number of morpholine rings is 1. The lowest BCUT2D eigenvalue weighted by Crippen LogP contribution is -2.45. The maximum atomic E-state index is 13.1. The molecule has 1 N–H and O–H groups in total. The molecule has 1 atom stereocenters. The van der Waals surface area contributed by atoms with Crippen molar-refractivity contribution >= 4 is 11.7 Å². The zero-order valence-corrected chi connectivity index (χ0v) is 16.3. The number of nitrogens with one attached hydrogen (secondary N) is 1. The smallest absolute Gasteiger partial charge is 0.323 e. The van der Waals surface area contributed by atoms with E-state index in [1.54, 1.807) is 0 Å². The van der Waals surface area contributed by atoms with Gasteiger partial charge in [0.15, 0.2) is 0 Å². The van der Waals surface area contributed by atoms with Crippen molar-refractivity contribution in [2.75, 3.05) is 44.3 Å². The summed E-state index contributed by atoms with van der Waals surface area (Å²) in [6, 6.07) is 7.75. The fourth-order valence-corrected chi connectivity index (χ4v) is 4.41. The molecule has 0 bridgehead atoms. The first-order valence-electron chi connectivity index (χ1n) is 10.2. The van der Waals surface area contributed by atoms with Crippen molar-refractivity contribution in [1.29, 1.82) is 0 Å². The molecule has 1 unspecified atom stereocenters. The lowest BCUT2D eigenvalue weighted by atomic mass is 9.84. The number of carbonyl (C=O) groups excluding carboxylic acids is 1. The van der Waals surface area contributed by atoms with Crippen LogP contribution < -0.4 is 10.2 Å². The predicted molar refractivity (Wildman–Crippen MR) is 109 cm³/mol. The lowest BCUT2D eigenvalue weighted by Gasteiger charge is -2.38. The van der Waals surface area contributed by atoms with E-state index in [2.05, 4.69) is 27.2 Å². The summed E-state index contributed by atoms with van der Waals surface area (Å²) >= 11 is 0. The molecule has 1 aromatic carbocycles. The Morgan fingerprint density at radius 3 is 3.00 bits per heavy atom. The van der Waals surface area contributed by atoms with Gasteiger partial charge in [-0.2, -0.15) is 0 Å². The van der Waals surface area contributed by atoms with E-state index in [0.29, 0.717) is 13.1 Å². The van der Waals surface area contributed by atoms with E-state index in [0.717, 1.165) is 73.8 Å². The van der Waals surface area contributed by atoms with Crippen LogP contribution in [0.5, 0.6) is 0 Å². The summed E-state index contributed by atoms with van der Waals surface area (Å²) in [4.78, 5) is 17.3. The summed E-state index contributed by atoms with van der Waals surface area (Å²) in [6.45, 7) is 4.40. The molecule has 3 aliphatic rings. The van der Waals surface area contributed by atoms with Crippen molar-refractivity contribution < 1.29 is 14.1 Å². The van der Waals surface area contributed by atoms with Gasteiger partial charge in [0.2, 0.25) is 0 Å². The van der Waals surface area contributed by atoms with Crippen molar-refractivity contribution in [3.8, 4) is 23.1 Å². The number of carbonyl (C=O) groups is 1. The van der Waals surface area contributed by atoms with Gasteiger partial charge in [-0.15, -0.1) is 0 Å². The standard InChI is InChI=1S/C22H24N4O3/c27-22(23-10-3-4-11-25-12-14-28-15-13-25)26-17-7-2-1-6-16(17)21-20-18(26)8-5-9-19(20)29-24-21/h1-2,6-7,18H,5,8-15H2,(H,23,27). The maximum absolute atomic E-state index is 13.1. The highest BCUT2D eigenvalue weighted by atomic mass is 16.5. The van der Waals surface area contributed by atoms with Crippen molar-refractivity contribution in [3.63, 3.8) is 0 Å². The highest BCUT2D eigenvalue weighted by molar-refractivity contribution is 6.00. The molecule has 3 heterocycles. The average Bonchev–Trinajstić information content (AvgIpc) is 3.20. The predicted octanol–water partition coefficient (Wildman–Crippen LogP) is 2.58. The Bertz CT molecular complexity index is 968. The van der Waals surface area contributed by atoms with Crippen molar-refractivity contribution in [3.05, 3.63) is 35.6 Å². The van der Waals surface area contributed by atoms with Gasteiger partial charge in [0.05, 0.1) is 38.0 Å². The van der Waals surface area contributed by atoms with E-state index in [1.807, 2.05) is 29.2 Å². The highest BCUT2D eigenvalue weighted by Gasteiger charge is 2.40. The quantitative estimate of drug-likeness (QED) is 0.796. The molecule has 1 aromatic heterocycles. The Labute approximate surface area is 170 Å². The second kappa shape index (κ2) is 7.90. The first-order chi connectivity index (χ1) is 14.3. The van der Waals surface area contributed by atoms with Gasteiger partial charge in [-0.3, -0.25) is 9.80 Å². The molecule has 1 fully saturated rings. The molecule has 7 nitrogen and oxygen atoms in total. The van der Waals surface area contributed by atoms with Crippen LogP contribution in [0, 0.1) is 11.8 Å². The SMILES string of the molecule is O=C(NCC#CCN1CCOCC1)N1c2ccccc2-c2noc3c2C1CCC3. The third-order valence-corrected chi connectivity index (χ3v) is 5.83. The fraction of sp³-hybridized carbons (Fsp3) is 0.455. The zero-order valence-electron chi connectivity index (χ0n) is 16.3. The summed E-state index contributed by atoms with van der Waals surface area (Å²) in [7, 11) is 0. The lowest BCUT2D eigenvalue weighted by molar-refractivity contribution is 0.0443. The van der Waals surface area contributed by atoms with Crippen LogP contribution >= 0.6 is 0 Å². The molecule has 0 radical (unpaired) electrons. The second-order valence-electron chi connectivity index (χ2n) is 7.56. The Morgan fingerprint density at radius 2 is 2.10 bits per heavy atom. The topological polar surface area (TPSA) is 70.8 Å². The number of rotatable bonds is 2. The van der Waals surface area contributed by atoms with Crippen molar-refractivity contribution in [2.24, 2.45) is 0 Å². The molecule has 1 aliphatic carbocycles. The number of fused-ring (bicyclic) bond motifs is 2. The number of hydrogen-bond donors (Lipinski definition) is 1. The Balaban J connectivity index is 1.31. The molecular weight excluding hydrogens is 368 g/mol. The van der Waals surface area contributed by atoms with E-state index in [-0.39, 0.29) is 12.1 Å². The van der Waals surface area contributed by atoms with Crippen LogP contribution in [0.3, 0.4) is 0 Å². The fourth-order valence-electron chi connectivity index (χ4n) is 4.41. The third-order valence-electron chi connectivity index (χ3n) is 5.83. The normalized spacial score (nSPS) is 20.3. The van der Waals surface area contributed by atoms with Crippen molar-refractivity contribution in [2.45, 2.75) is 25.3 Å². The summed E-state index contributed by atoms with van der Waals surface area (Å²) in [5.74, 6) is 7.14. The van der Waals surface area contributed by atoms with Crippen molar-refractivity contribution in [1.82, 2.24) is 15.4 Å². The summed E-state index contributed by atoms with van der Waals surface area (Å²) < 4.78 is 10.9. The average molecular weight is 392 g/mol. The highest BCUT2D eigenvalue weighted by Crippen LogP contribution is 2.49. The minimum absolute atomic E-state index is 0.0313. The van der Waals surface area contributed by atoms with Crippen LogP contribution in [0.4, 0.5) is 10.5 Å². The molecule has 0 saturated carbocycles. The van der Waals surface area contributed by atoms with Gasteiger partial charge in [0, 0.05) is 30.6 Å². The molecule has 0 spiro atoms. The number of hydrogen-bond acceptors (Lipinski definition) is 5. The largest absolute Gasteiger partial charge is 0.379 e. The van der Waals surface area contributed by atoms with Crippen LogP contribution in [-0.2, 0) is 11.2 Å². The molecule has 150 valence electrons. The molecule has 2 amide bonds. The summed E-state index contributed by atoms with van der Waals surface area (Å²) in [6.07, 6.45) is 2.77. The first kappa shape index (κ1) is 18.2. The first-order valence-corrected chi connectivity index (χ1v) is 10.2. The van der Waals surface area contributed by atoms with E-state index in [1.165, 1.54) is 0 Å². The molecule has 1 saturated heterocycles. The second-order valence-corrected chi connectivity index (χ2v) is 7.56. The van der Waals surface area contributed by atoms with E-state index < -0.39 is 0 Å². The van der Waals surface area contributed by atoms with E-state index in [4.69, 9.17) is 9.26 Å². The number of nitrogens with zero attached hydrogens (tertiary/aromatic N) is 3. The summed E-state index contributed by atoms with van der Waals surface area (Å²) in [5.41, 5.74) is 3.79. The van der Waals surface area contributed by atoms with Gasteiger partial charge >= 0.3 is 6.03 Å². The zero-order chi connectivity index (χ0) is 19.6. The maximum Gasteiger partial charge on any atom is 0.323 e. The van der Waals surface area contributed by atoms with Gasteiger partial charge < -0.3 is 14.6 Å². The van der Waals surface area contributed by atoms with Crippen LogP contribution in [0.2, 0.25) is 0 Å². The van der Waals surface area contributed by atoms with Crippen LogP contribution in [0.1, 0.15) is 30.2 Å². The molecule has 2 aromatic rings. The minimum Gasteiger partial charge on any atom is -0.379 e. The number of urea groups is 1. The number of benzene rings is 1. The molecule has 7 heteroatoms. The van der Waals surface area contributed by atoms with Gasteiger partial charge in [0.25, 0.3) is 0 Å². The number of anilines is 1. The molecule has 5 rings (SSSR count). The number of ether oxygens (including phenoxy) is 1. The summed E-state index contributed by atoms with van der Waals surface area (Å²) in [5, 5.41) is 7.30. The van der Waals surface area contributed by atoms with E-state index >= 15 is 0 Å². The Kier molecular flexibility index (Phi) is 4.96. The number of aryl methyl sites for hydroxylation is 1. The number of amides is 2. The van der Waals surface area contributed by atoms with Crippen LogP contribution in [-0.4, -0.2) is 55.5 Å². The minimum atomic E-state index is -0.122. The molecular formula is C22H24N4O3. The van der Waals surface area contributed by atoms with E-state index in [9.17, 15) is 4.79 Å². The third kappa shape index (κ3) is 3.39. The van der Waals surface area contributed by atoms with Gasteiger partial charge in [-0.05, 0) is 18.9 Å². The van der Waals surface area contributed by atoms with Gasteiger partial charge in [0.1, 0.15) is 11.5 Å².